The van der Waals surface area contributed by atoms with E-state index < -0.39 is 17.8 Å². The lowest BCUT2D eigenvalue weighted by Gasteiger charge is -2.08. The summed E-state index contributed by atoms with van der Waals surface area (Å²) < 4.78 is 10.1. The minimum Gasteiger partial charge on any atom is -0.484 e. The average Bonchev–Trinajstić information content (AvgIpc) is 2.90. The molecule has 2 rings (SSSR count). The Morgan fingerprint density at radius 1 is 1.16 bits per heavy atom. The molecule has 1 aromatic heterocycles. The van der Waals surface area contributed by atoms with Crippen LogP contribution in [0.3, 0.4) is 0 Å². The molecule has 25 heavy (non-hydrogen) atoms. The third kappa shape index (κ3) is 4.36. The van der Waals surface area contributed by atoms with Crippen molar-refractivity contribution in [1.29, 1.82) is 0 Å². The van der Waals surface area contributed by atoms with Crippen LogP contribution in [-0.2, 0) is 9.53 Å². The molecule has 2 amide bonds. The van der Waals surface area contributed by atoms with Gasteiger partial charge in [0.05, 0.1) is 17.6 Å². The molecule has 3 N–H and O–H groups in total. The van der Waals surface area contributed by atoms with E-state index in [-0.39, 0.29) is 22.0 Å². The maximum absolute atomic E-state index is 12.1. The second-order valence-electron chi connectivity index (χ2n) is 5.27. The van der Waals surface area contributed by atoms with Crippen LogP contribution in [0.2, 0.25) is 0 Å². The van der Waals surface area contributed by atoms with E-state index in [4.69, 9.17) is 15.2 Å². The summed E-state index contributed by atoms with van der Waals surface area (Å²) in [6, 6.07) is 7.24. The number of ether oxygens (including phenoxy) is 2. The van der Waals surface area contributed by atoms with Gasteiger partial charge in [-0.1, -0.05) is 17.7 Å². The Labute approximate surface area is 148 Å². The first-order valence-corrected chi connectivity index (χ1v) is 8.16. The van der Waals surface area contributed by atoms with E-state index in [1.165, 1.54) is 7.11 Å². The summed E-state index contributed by atoms with van der Waals surface area (Å²) in [5.41, 5.74) is 6.86. The van der Waals surface area contributed by atoms with Crippen molar-refractivity contribution in [3.05, 3.63) is 45.8 Å². The second kappa shape index (κ2) is 7.80. The third-order valence-corrected chi connectivity index (χ3v) is 4.63. The first-order chi connectivity index (χ1) is 11.8. The van der Waals surface area contributed by atoms with Crippen LogP contribution in [0.1, 0.15) is 31.2 Å². The van der Waals surface area contributed by atoms with E-state index >= 15 is 0 Å². The molecule has 0 aliphatic carbocycles. The number of thiophene rings is 1. The van der Waals surface area contributed by atoms with Crippen molar-refractivity contribution in [1.82, 2.24) is 0 Å². The van der Waals surface area contributed by atoms with Crippen molar-refractivity contribution in [3.8, 4) is 5.75 Å². The molecule has 0 atom stereocenters. The van der Waals surface area contributed by atoms with Gasteiger partial charge in [0.1, 0.15) is 10.8 Å². The van der Waals surface area contributed by atoms with Crippen LogP contribution < -0.4 is 15.8 Å². The van der Waals surface area contributed by atoms with Crippen molar-refractivity contribution >= 4 is 34.1 Å². The van der Waals surface area contributed by atoms with Gasteiger partial charge in [0.15, 0.2) is 6.61 Å². The second-order valence-corrected chi connectivity index (χ2v) is 6.29. The monoisotopic (exact) mass is 362 g/mol. The molecule has 132 valence electrons. The predicted molar refractivity (Wildman–Crippen MR) is 94.2 cm³/mol. The zero-order valence-electron chi connectivity index (χ0n) is 14.0. The number of amides is 2. The lowest BCUT2D eigenvalue weighted by atomic mass is 10.1. The first-order valence-electron chi connectivity index (χ1n) is 7.34. The van der Waals surface area contributed by atoms with Gasteiger partial charge in [-0.15, -0.1) is 11.3 Å². The van der Waals surface area contributed by atoms with Crippen molar-refractivity contribution in [2.75, 3.05) is 19.0 Å². The number of hydrogen-bond donors (Lipinski definition) is 2. The molecule has 0 aliphatic rings. The Bertz CT molecular complexity index is 811. The molecule has 0 fully saturated rings. The van der Waals surface area contributed by atoms with Gasteiger partial charge in [-0.2, -0.15) is 0 Å². The Kier molecular flexibility index (Phi) is 5.76. The fourth-order valence-corrected chi connectivity index (χ4v) is 3.19. The summed E-state index contributed by atoms with van der Waals surface area (Å²) in [5, 5.41) is 2.77. The average molecular weight is 362 g/mol. The van der Waals surface area contributed by atoms with Crippen molar-refractivity contribution in [2.24, 2.45) is 5.73 Å². The Morgan fingerprint density at radius 2 is 1.80 bits per heavy atom. The first kappa shape index (κ1) is 18.5. The summed E-state index contributed by atoms with van der Waals surface area (Å²) in [5.74, 6) is -1.25. The molecular formula is C17H18N2O5S. The van der Waals surface area contributed by atoms with E-state index in [2.05, 4.69) is 5.32 Å². The Balaban J connectivity index is 2.14. The summed E-state index contributed by atoms with van der Waals surface area (Å²) in [7, 11) is 1.22. The van der Waals surface area contributed by atoms with Crippen LogP contribution >= 0.6 is 11.3 Å². The van der Waals surface area contributed by atoms with Crippen molar-refractivity contribution in [3.63, 3.8) is 0 Å². The van der Waals surface area contributed by atoms with Crippen molar-refractivity contribution < 1.29 is 23.9 Å². The SMILES string of the molecule is COC(=O)c1c(NC(=O)COc2ccc(C)cc2)sc(C(N)=O)c1C. The Hall–Kier alpha value is -2.87. The minimum absolute atomic E-state index is 0.116. The number of nitrogens with one attached hydrogen (secondary N) is 1. The third-order valence-electron chi connectivity index (χ3n) is 3.40. The number of rotatable bonds is 6. The molecule has 0 spiro atoms. The molecule has 0 saturated heterocycles. The molecule has 2 aromatic rings. The maximum Gasteiger partial charge on any atom is 0.341 e. The molecule has 8 heteroatoms. The fourth-order valence-electron chi connectivity index (χ4n) is 2.13. The van der Waals surface area contributed by atoms with Gasteiger partial charge in [-0.25, -0.2) is 4.79 Å². The number of carbonyl (C=O) groups is 3. The number of esters is 1. The van der Waals surface area contributed by atoms with E-state index in [1.807, 2.05) is 19.1 Å². The number of carbonyl (C=O) groups excluding carboxylic acids is 3. The normalized spacial score (nSPS) is 10.2. The summed E-state index contributed by atoms with van der Waals surface area (Å²) in [6.07, 6.45) is 0. The Morgan fingerprint density at radius 3 is 2.36 bits per heavy atom. The van der Waals surface area contributed by atoms with Crippen LogP contribution in [0.25, 0.3) is 0 Å². The number of primary amides is 1. The standard InChI is InChI=1S/C17H18N2O5S/c1-9-4-6-11(7-5-9)24-8-12(20)19-16-13(17(22)23-3)10(2)14(25-16)15(18)21/h4-7H,8H2,1-3H3,(H2,18,21)(H,19,20). The van der Waals surface area contributed by atoms with E-state index in [0.717, 1.165) is 16.9 Å². The molecule has 0 saturated carbocycles. The summed E-state index contributed by atoms with van der Waals surface area (Å²) in [6.45, 7) is 3.27. The van der Waals surface area contributed by atoms with Gasteiger partial charge in [0.25, 0.3) is 11.8 Å². The summed E-state index contributed by atoms with van der Waals surface area (Å²) in [4.78, 5) is 35.7. The highest BCUT2D eigenvalue weighted by atomic mass is 32.1. The summed E-state index contributed by atoms with van der Waals surface area (Å²) >= 11 is 0.927. The van der Waals surface area contributed by atoms with Gasteiger partial charge in [0.2, 0.25) is 0 Å². The lowest BCUT2D eigenvalue weighted by Crippen LogP contribution is -2.21. The van der Waals surface area contributed by atoms with Crippen LogP contribution in [-0.4, -0.2) is 31.5 Å². The molecular weight excluding hydrogens is 344 g/mol. The van der Waals surface area contributed by atoms with Gasteiger partial charge in [0, 0.05) is 0 Å². The highest BCUT2D eigenvalue weighted by Gasteiger charge is 2.25. The molecule has 7 nitrogen and oxygen atoms in total. The molecule has 1 aromatic carbocycles. The van der Waals surface area contributed by atoms with Gasteiger partial charge >= 0.3 is 5.97 Å². The molecule has 0 bridgehead atoms. The predicted octanol–water partition coefficient (Wildman–Crippen LogP) is 2.27. The largest absolute Gasteiger partial charge is 0.484 e. The zero-order chi connectivity index (χ0) is 18.6. The number of nitrogens with two attached hydrogens (primary N) is 1. The van der Waals surface area contributed by atoms with E-state index in [0.29, 0.717) is 11.3 Å². The minimum atomic E-state index is -0.677. The number of anilines is 1. The molecule has 0 aliphatic heterocycles. The van der Waals surface area contributed by atoms with Crippen LogP contribution in [0.15, 0.2) is 24.3 Å². The van der Waals surface area contributed by atoms with Gasteiger partial charge in [-0.3, -0.25) is 9.59 Å². The van der Waals surface area contributed by atoms with Crippen LogP contribution in [0.5, 0.6) is 5.75 Å². The number of benzene rings is 1. The van der Waals surface area contributed by atoms with Gasteiger partial charge in [-0.05, 0) is 31.5 Å². The fraction of sp³-hybridized carbons (Fsp3) is 0.235. The van der Waals surface area contributed by atoms with Crippen LogP contribution in [0.4, 0.5) is 5.00 Å². The highest BCUT2D eigenvalue weighted by molar-refractivity contribution is 7.18. The smallest absolute Gasteiger partial charge is 0.341 e. The van der Waals surface area contributed by atoms with Crippen LogP contribution in [0, 0.1) is 13.8 Å². The quantitative estimate of drug-likeness (QED) is 0.767. The lowest BCUT2D eigenvalue weighted by molar-refractivity contribution is -0.118. The highest BCUT2D eigenvalue weighted by Crippen LogP contribution is 2.33. The van der Waals surface area contributed by atoms with Crippen molar-refractivity contribution in [2.45, 2.75) is 13.8 Å². The van der Waals surface area contributed by atoms with Gasteiger partial charge < -0.3 is 20.5 Å². The zero-order valence-corrected chi connectivity index (χ0v) is 14.9. The number of methoxy groups -OCH3 is 1. The topological polar surface area (TPSA) is 108 Å². The molecule has 1 heterocycles. The maximum atomic E-state index is 12.1. The molecule has 0 unspecified atom stereocenters. The van der Waals surface area contributed by atoms with E-state index in [1.54, 1.807) is 19.1 Å². The molecule has 0 radical (unpaired) electrons. The number of hydrogen-bond acceptors (Lipinski definition) is 6. The number of aryl methyl sites for hydroxylation is 1. The van der Waals surface area contributed by atoms with E-state index in [9.17, 15) is 14.4 Å².